The monoisotopic (exact) mass is 608 g/mol. The lowest BCUT2D eigenvalue weighted by Gasteiger charge is -2.17. The first-order valence-electron chi connectivity index (χ1n) is 11.8. The normalized spacial score (nSPS) is 12.9. The maximum atomic E-state index is 12.8. The van der Waals surface area contributed by atoms with Crippen LogP contribution in [0.1, 0.15) is 0 Å². The van der Waals surface area contributed by atoms with Crippen molar-refractivity contribution in [1.29, 1.82) is 21.0 Å². The summed E-state index contributed by atoms with van der Waals surface area (Å²) < 4.78 is 96.1. The van der Waals surface area contributed by atoms with Gasteiger partial charge in [0, 0.05) is 0 Å². The number of nitrogens with one attached hydrogen (secondary N) is 2. The van der Waals surface area contributed by atoms with Crippen LogP contribution in [0.2, 0.25) is 0 Å². The number of ether oxygens (including phenoxy) is 4. The molecular weight excluding hydrogens is 598 g/mol. The highest BCUT2D eigenvalue weighted by atomic mass is 19.4. The van der Waals surface area contributed by atoms with Crippen LogP contribution in [0.5, 0.6) is 23.0 Å². The molecule has 2 heterocycles. The van der Waals surface area contributed by atoms with Crippen molar-refractivity contribution in [2.24, 2.45) is 0 Å². The van der Waals surface area contributed by atoms with E-state index in [-0.39, 0.29) is 56.9 Å². The van der Waals surface area contributed by atoms with E-state index in [4.69, 9.17) is 9.47 Å². The molecule has 44 heavy (non-hydrogen) atoms. The van der Waals surface area contributed by atoms with Crippen molar-refractivity contribution in [1.82, 2.24) is 0 Å². The zero-order chi connectivity index (χ0) is 31.8. The van der Waals surface area contributed by atoms with Crippen LogP contribution in [0, 0.1) is 45.3 Å². The molecule has 0 atom stereocenters. The first-order valence-corrected chi connectivity index (χ1v) is 11.8. The van der Waals surface area contributed by atoms with Gasteiger partial charge < -0.3 is 29.6 Å². The fraction of sp³-hybridized carbons (Fsp3) is 0.0714. The van der Waals surface area contributed by atoms with E-state index in [1.54, 1.807) is 24.3 Å². The molecule has 3 aromatic rings. The Morgan fingerprint density at radius 2 is 0.886 bits per heavy atom. The highest BCUT2D eigenvalue weighted by Crippen LogP contribution is 2.60. The maximum absolute atomic E-state index is 12.8. The van der Waals surface area contributed by atoms with E-state index in [0.29, 0.717) is 0 Å². The zero-order valence-corrected chi connectivity index (χ0v) is 21.3. The lowest BCUT2D eigenvalue weighted by molar-refractivity contribution is -0.275. The number of fused-ring (bicyclic) bond motifs is 2. The molecule has 0 radical (unpaired) electrons. The molecule has 0 bridgehead atoms. The standard InChI is InChI=1S/C28H10F6N6O4/c29-27(30,31)43-17-5-1-13(2-6-17)19-21-24(42-25(39-21)15(9-35)10-36)20(14-3-7-18(8-4-14)44-28(32,33)34)22-23(19)41-26(40-22)16(11-37)12-38/h1-8,39-40H. The number of nitrogens with zero attached hydrogens (tertiary/aromatic N) is 4. The fourth-order valence-electron chi connectivity index (χ4n) is 4.31. The largest absolute Gasteiger partial charge is 0.573 e. The van der Waals surface area contributed by atoms with Crippen LogP contribution in [0.25, 0.3) is 22.3 Å². The SMILES string of the molecule is N#CC(C#N)=C1Nc2c(c(-c3ccc(OC(F)(F)F)cc3)c3c(c2-c2ccc(OC(F)(F)F)cc2)OC(=C(C#N)C#N)N3)O1. The second-order valence-electron chi connectivity index (χ2n) is 8.61. The number of alkyl halides is 6. The molecule has 0 amide bonds. The summed E-state index contributed by atoms with van der Waals surface area (Å²) in [6.07, 6.45) is -9.94. The molecule has 0 fully saturated rings. The first-order chi connectivity index (χ1) is 20.9. The van der Waals surface area contributed by atoms with E-state index in [2.05, 4.69) is 20.1 Å². The van der Waals surface area contributed by atoms with Gasteiger partial charge in [-0.25, -0.2) is 0 Å². The van der Waals surface area contributed by atoms with Gasteiger partial charge in [0.2, 0.25) is 11.8 Å². The molecule has 0 saturated heterocycles. The summed E-state index contributed by atoms with van der Waals surface area (Å²) in [6.45, 7) is 0. The molecule has 0 saturated carbocycles. The van der Waals surface area contributed by atoms with E-state index in [9.17, 15) is 47.4 Å². The van der Waals surface area contributed by atoms with Crippen LogP contribution in [-0.4, -0.2) is 12.7 Å². The molecule has 3 aromatic carbocycles. The number of benzene rings is 3. The lowest BCUT2D eigenvalue weighted by atomic mass is 9.94. The smallest absolute Gasteiger partial charge is 0.436 e. The summed E-state index contributed by atoms with van der Waals surface area (Å²) >= 11 is 0. The second kappa shape index (κ2) is 10.7. The molecule has 16 heteroatoms. The van der Waals surface area contributed by atoms with Gasteiger partial charge in [0.25, 0.3) is 0 Å². The average Bonchev–Trinajstić information content (AvgIpc) is 3.58. The van der Waals surface area contributed by atoms with Crippen molar-refractivity contribution in [3.05, 3.63) is 71.4 Å². The Labute approximate surface area is 242 Å². The van der Waals surface area contributed by atoms with Crippen LogP contribution in [0.3, 0.4) is 0 Å². The molecule has 10 nitrogen and oxygen atoms in total. The van der Waals surface area contributed by atoms with Crippen LogP contribution >= 0.6 is 0 Å². The predicted octanol–water partition coefficient (Wildman–Crippen LogP) is 6.94. The van der Waals surface area contributed by atoms with Gasteiger partial charge in [-0.1, -0.05) is 24.3 Å². The molecule has 0 spiro atoms. The lowest BCUT2D eigenvalue weighted by Crippen LogP contribution is -2.17. The Morgan fingerprint density at radius 1 is 0.568 bits per heavy atom. The number of hydrogen-bond donors (Lipinski definition) is 2. The zero-order valence-electron chi connectivity index (χ0n) is 21.3. The second-order valence-corrected chi connectivity index (χ2v) is 8.61. The molecule has 0 aromatic heterocycles. The average molecular weight is 608 g/mol. The summed E-state index contributed by atoms with van der Waals surface area (Å²) in [5.74, 6) is -1.91. The summed E-state index contributed by atoms with van der Waals surface area (Å²) in [6, 6.07) is 15.6. The van der Waals surface area contributed by atoms with E-state index in [1.807, 2.05) is 0 Å². The Kier molecular flexibility index (Phi) is 7.06. The molecule has 0 unspecified atom stereocenters. The summed E-state index contributed by atoms with van der Waals surface area (Å²) in [4.78, 5) is 0. The quantitative estimate of drug-likeness (QED) is 0.235. The van der Waals surface area contributed by atoms with Gasteiger partial charge in [0.1, 0.15) is 35.8 Å². The Bertz CT molecular complexity index is 1710. The molecular formula is C28H10F6N6O4. The van der Waals surface area contributed by atoms with Gasteiger partial charge in [-0.3, -0.25) is 0 Å². The minimum atomic E-state index is -4.97. The van der Waals surface area contributed by atoms with Crippen molar-refractivity contribution in [2.45, 2.75) is 12.7 Å². The van der Waals surface area contributed by atoms with E-state index >= 15 is 0 Å². The van der Waals surface area contributed by atoms with Crippen molar-refractivity contribution in [3.63, 3.8) is 0 Å². The van der Waals surface area contributed by atoms with Crippen molar-refractivity contribution < 1.29 is 45.3 Å². The molecule has 2 aliphatic rings. The van der Waals surface area contributed by atoms with Crippen molar-refractivity contribution in [3.8, 4) is 69.5 Å². The molecule has 218 valence electrons. The van der Waals surface area contributed by atoms with Gasteiger partial charge in [0.15, 0.2) is 22.6 Å². The summed E-state index contributed by atoms with van der Waals surface area (Å²) in [5, 5.41) is 43.3. The third-order valence-electron chi connectivity index (χ3n) is 5.95. The predicted molar refractivity (Wildman–Crippen MR) is 136 cm³/mol. The number of allylic oxidation sites excluding steroid dienone is 2. The third kappa shape index (κ3) is 5.51. The van der Waals surface area contributed by atoms with Gasteiger partial charge in [-0.15, -0.1) is 26.3 Å². The first kappa shape index (κ1) is 29.0. The number of hydrogen-bond acceptors (Lipinski definition) is 10. The summed E-state index contributed by atoms with van der Waals surface area (Å²) in [5.41, 5.74) is -0.336. The Hall–Kier alpha value is -6.52. The van der Waals surface area contributed by atoms with E-state index < -0.39 is 35.4 Å². The summed E-state index contributed by atoms with van der Waals surface area (Å²) in [7, 11) is 0. The van der Waals surface area contributed by atoms with E-state index in [1.165, 1.54) is 24.3 Å². The Morgan fingerprint density at radius 3 is 1.16 bits per heavy atom. The number of nitriles is 4. The van der Waals surface area contributed by atoms with Crippen LogP contribution < -0.4 is 29.6 Å². The Balaban J connectivity index is 1.78. The number of rotatable bonds is 4. The molecule has 5 rings (SSSR count). The van der Waals surface area contributed by atoms with Crippen LogP contribution in [0.15, 0.2) is 71.4 Å². The highest BCUT2D eigenvalue weighted by molar-refractivity contribution is 6.05. The third-order valence-corrected chi connectivity index (χ3v) is 5.95. The molecule has 2 N–H and O–H groups in total. The minimum Gasteiger partial charge on any atom is -0.436 e. The van der Waals surface area contributed by atoms with Crippen molar-refractivity contribution >= 4 is 11.4 Å². The van der Waals surface area contributed by atoms with Gasteiger partial charge >= 0.3 is 12.7 Å². The van der Waals surface area contributed by atoms with Crippen LogP contribution in [0.4, 0.5) is 37.7 Å². The van der Waals surface area contributed by atoms with E-state index in [0.717, 1.165) is 24.3 Å². The van der Waals surface area contributed by atoms with Crippen molar-refractivity contribution in [2.75, 3.05) is 10.6 Å². The maximum Gasteiger partial charge on any atom is 0.573 e. The highest BCUT2D eigenvalue weighted by Gasteiger charge is 2.39. The minimum absolute atomic E-state index is 0.0374. The van der Waals surface area contributed by atoms with Gasteiger partial charge in [0.05, 0.1) is 22.5 Å². The van der Waals surface area contributed by atoms with Crippen LogP contribution in [-0.2, 0) is 0 Å². The van der Waals surface area contributed by atoms with Gasteiger partial charge in [-0.05, 0) is 35.4 Å². The number of anilines is 2. The fourth-order valence-corrected chi connectivity index (χ4v) is 4.31. The topological polar surface area (TPSA) is 156 Å². The van der Waals surface area contributed by atoms with Gasteiger partial charge in [-0.2, -0.15) is 21.0 Å². The molecule has 0 aliphatic carbocycles. The molecule has 2 aliphatic heterocycles. The number of halogens is 6.